The van der Waals surface area contributed by atoms with Crippen molar-refractivity contribution in [3.05, 3.63) is 58.6 Å². The summed E-state index contributed by atoms with van der Waals surface area (Å²) >= 11 is 6.15. The molecule has 2 aromatic carbocycles. The zero-order valence-electron chi connectivity index (χ0n) is 8.85. The first-order valence-corrected chi connectivity index (χ1v) is 5.64. The minimum atomic E-state index is -0.358. The largest absolute Gasteiger partial charge is 0.457 e. The molecule has 1 heterocycles. The molecule has 2 nitrogen and oxygen atoms in total. The lowest BCUT2D eigenvalue weighted by Gasteiger charge is -2.24. The average Bonchev–Trinajstić information content (AvgIpc) is 2.36. The van der Waals surface area contributed by atoms with E-state index in [1.54, 1.807) is 6.07 Å². The van der Waals surface area contributed by atoms with Gasteiger partial charge in [-0.15, -0.1) is 0 Å². The molecule has 82 valence electrons. The van der Waals surface area contributed by atoms with Crippen LogP contribution in [0.3, 0.4) is 0 Å². The molecule has 1 aliphatic heterocycles. The van der Waals surface area contributed by atoms with Crippen LogP contribution < -0.4 is 4.74 Å². The maximum atomic E-state index is 9.34. The number of benzene rings is 2. The maximum absolute atomic E-state index is 9.34. The van der Waals surface area contributed by atoms with Crippen LogP contribution in [0.4, 0.5) is 0 Å². The number of ether oxygens (including phenoxy) is 1. The first-order valence-electron chi connectivity index (χ1n) is 5.26. The Morgan fingerprint density at radius 2 is 1.82 bits per heavy atom. The Balaban J connectivity index is 2.28. The molecule has 0 fully saturated rings. The summed E-state index contributed by atoms with van der Waals surface area (Å²) in [6.45, 7) is 0. The second-order valence-electron chi connectivity index (χ2n) is 3.85. The van der Waals surface area contributed by atoms with Crippen LogP contribution in [0.5, 0.6) is 11.5 Å². The first-order chi connectivity index (χ1) is 8.31. The molecule has 0 spiro atoms. The summed E-state index contributed by atoms with van der Waals surface area (Å²) in [6, 6.07) is 15.3. The number of para-hydroxylation sites is 1. The maximum Gasteiger partial charge on any atom is 0.133 e. The standard InChI is InChI=1S/C14H8ClNO/c15-11-5-3-7-13-14(11)10(8-16)9-4-1-2-6-12(9)17-13/h1-7,10H. The molecule has 0 saturated heterocycles. The van der Waals surface area contributed by atoms with Crippen molar-refractivity contribution in [2.45, 2.75) is 5.92 Å². The summed E-state index contributed by atoms with van der Waals surface area (Å²) in [6.07, 6.45) is 0. The van der Waals surface area contributed by atoms with Crippen LogP contribution >= 0.6 is 11.6 Å². The topological polar surface area (TPSA) is 33.0 Å². The predicted molar refractivity (Wildman–Crippen MR) is 65.4 cm³/mol. The smallest absolute Gasteiger partial charge is 0.133 e. The van der Waals surface area contributed by atoms with Crippen LogP contribution in [-0.4, -0.2) is 0 Å². The lowest BCUT2D eigenvalue weighted by atomic mass is 9.89. The van der Waals surface area contributed by atoms with Crippen molar-refractivity contribution in [3.8, 4) is 17.6 Å². The summed E-state index contributed by atoms with van der Waals surface area (Å²) in [5.41, 5.74) is 1.63. The van der Waals surface area contributed by atoms with Crippen LogP contribution in [0.1, 0.15) is 17.0 Å². The lowest BCUT2D eigenvalue weighted by Crippen LogP contribution is -2.09. The highest BCUT2D eigenvalue weighted by atomic mass is 35.5. The van der Waals surface area contributed by atoms with E-state index in [2.05, 4.69) is 6.07 Å². The third kappa shape index (κ3) is 1.48. The number of halogens is 1. The molecule has 1 aliphatic rings. The Kier molecular flexibility index (Phi) is 2.28. The Bertz CT molecular complexity index is 630. The van der Waals surface area contributed by atoms with Gasteiger partial charge in [-0.2, -0.15) is 5.26 Å². The van der Waals surface area contributed by atoms with E-state index in [-0.39, 0.29) is 5.92 Å². The fraction of sp³-hybridized carbons (Fsp3) is 0.0714. The first kappa shape index (κ1) is 10.2. The monoisotopic (exact) mass is 241 g/mol. The summed E-state index contributed by atoms with van der Waals surface area (Å²) < 4.78 is 5.75. The van der Waals surface area contributed by atoms with E-state index in [0.717, 1.165) is 16.9 Å². The van der Waals surface area contributed by atoms with Gasteiger partial charge in [-0.25, -0.2) is 0 Å². The number of fused-ring (bicyclic) bond motifs is 2. The highest BCUT2D eigenvalue weighted by molar-refractivity contribution is 6.31. The summed E-state index contributed by atoms with van der Waals surface area (Å²) in [5.74, 6) is 1.04. The van der Waals surface area contributed by atoms with Gasteiger partial charge < -0.3 is 4.74 Å². The van der Waals surface area contributed by atoms with Crippen LogP contribution in [0.25, 0.3) is 0 Å². The number of hydrogen-bond donors (Lipinski definition) is 0. The zero-order chi connectivity index (χ0) is 11.8. The predicted octanol–water partition coefficient (Wildman–Crippen LogP) is 4.10. The van der Waals surface area contributed by atoms with Crippen LogP contribution in [-0.2, 0) is 0 Å². The van der Waals surface area contributed by atoms with Crippen LogP contribution in [0.15, 0.2) is 42.5 Å². The Hall–Kier alpha value is -1.98. The van der Waals surface area contributed by atoms with Crippen molar-refractivity contribution in [3.63, 3.8) is 0 Å². The molecule has 1 unspecified atom stereocenters. The molecule has 0 amide bonds. The second-order valence-corrected chi connectivity index (χ2v) is 4.26. The van der Waals surface area contributed by atoms with E-state index in [1.807, 2.05) is 36.4 Å². The van der Waals surface area contributed by atoms with Gasteiger partial charge in [0.1, 0.15) is 17.4 Å². The van der Waals surface area contributed by atoms with Gasteiger partial charge in [0.25, 0.3) is 0 Å². The van der Waals surface area contributed by atoms with Crippen molar-refractivity contribution < 1.29 is 4.74 Å². The quantitative estimate of drug-likeness (QED) is 0.696. The Morgan fingerprint density at radius 3 is 2.65 bits per heavy atom. The van der Waals surface area contributed by atoms with E-state index >= 15 is 0 Å². The van der Waals surface area contributed by atoms with Crippen LogP contribution in [0, 0.1) is 11.3 Å². The van der Waals surface area contributed by atoms with Gasteiger partial charge in [0.05, 0.1) is 6.07 Å². The van der Waals surface area contributed by atoms with Crippen molar-refractivity contribution in [2.24, 2.45) is 0 Å². The van der Waals surface area contributed by atoms with E-state index in [1.165, 1.54) is 0 Å². The Labute approximate surface area is 104 Å². The normalized spacial score (nSPS) is 16.4. The van der Waals surface area contributed by atoms with Crippen molar-refractivity contribution in [1.82, 2.24) is 0 Å². The van der Waals surface area contributed by atoms with Crippen molar-refractivity contribution in [1.29, 1.82) is 5.26 Å². The molecule has 0 aliphatic carbocycles. The van der Waals surface area contributed by atoms with Gasteiger partial charge >= 0.3 is 0 Å². The number of nitrogens with zero attached hydrogens (tertiary/aromatic N) is 1. The third-order valence-electron chi connectivity index (χ3n) is 2.88. The summed E-state index contributed by atoms with van der Waals surface area (Å²) in [5, 5.41) is 9.92. The third-order valence-corrected chi connectivity index (χ3v) is 3.21. The molecule has 0 bridgehead atoms. The second kappa shape index (κ2) is 3.80. The van der Waals surface area contributed by atoms with Gasteiger partial charge in [-0.1, -0.05) is 35.9 Å². The molecular weight excluding hydrogens is 234 g/mol. The molecule has 3 rings (SSSR count). The zero-order valence-corrected chi connectivity index (χ0v) is 9.61. The van der Waals surface area contributed by atoms with Gasteiger partial charge in [-0.05, 0) is 18.2 Å². The minimum absolute atomic E-state index is 0.358. The van der Waals surface area contributed by atoms with Gasteiger partial charge in [-0.3, -0.25) is 0 Å². The minimum Gasteiger partial charge on any atom is -0.457 e. The van der Waals surface area contributed by atoms with Crippen molar-refractivity contribution in [2.75, 3.05) is 0 Å². The summed E-state index contributed by atoms with van der Waals surface area (Å²) in [7, 11) is 0. The molecule has 0 saturated carbocycles. The molecule has 17 heavy (non-hydrogen) atoms. The van der Waals surface area contributed by atoms with E-state index < -0.39 is 0 Å². The van der Waals surface area contributed by atoms with Crippen LogP contribution in [0.2, 0.25) is 5.02 Å². The van der Waals surface area contributed by atoms with Crippen molar-refractivity contribution >= 4 is 11.6 Å². The molecule has 2 aromatic rings. The molecule has 0 radical (unpaired) electrons. The van der Waals surface area contributed by atoms with E-state index in [0.29, 0.717) is 10.8 Å². The van der Waals surface area contributed by atoms with Gasteiger partial charge in [0.15, 0.2) is 0 Å². The molecule has 3 heteroatoms. The number of nitriles is 1. The van der Waals surface area contributed by atoms with Gasteiger partial charge in [0.2, 0.25) is 0 Å². The fourth-order valence-corrected chi connectivity index (χ4v) is 2.38. The SMILES string of the molecule is N#CC1c2ccccc2Oc2cccc(Cl)c21. The highest BCUT2D eigenvalue weighted by Gasteiger charge is 2.28. The molecular formula is C14H8ClNO. The Morgan fingerprint density at radius 1 is 1.06 bits per heavy atom. The van der Waals surface area contributed by atoms with E-state index in [9.17, 15) is 5.26 Å². The van der Waals surface area contributed by atoms with Gasteiger partial charge in [0, 0.05) is 16.1 Å². The molecule has 0 aromatic heterocycles. The highest BCUT2D eigenvalue weighted by Crippen LogP contribution is 2.46. The number of hydrogen-bond acceptors (Lipinski definition) is 2. The lowest BCUT2D eigenvalue weighted by molar-refractivity contribution is 0.455. The fourth-order valence-electron chi connectivity index (χ4n) is 2.11. The summed E-state index contributed by atoms with van der Waals surface area (Å²) in [4.78, 5) is 0. The number of rotatable bonds is 0. The molecule has 0 N–H and O–H groups in total. The molecule has 1 atom stereocenters. The van der Waals surface area contributed by atoms with E-state index in [4.69, 9.17) is 16.3 Å². The average molecular weight is 242 g/mol.